The molecular formula is C22H23N3O4S. The summed E-state index contributed by atoms with van der Waals surface area (Å²) in [5, 5.41) is 4.17. The summed E-state index contributed by atoms with van der Waals surface area (Å²) < 4.78 is 34.4. The second-order valence-corrected chi connectivity index (χ2v) is 9.20. The van der Waals surface area contributed by atoms with Gasteiger partial charge in [0.15, 0.2) is 0 Å². The molecule has 8 heteroatoms. The molecule has 7 nitrogen and oxygen atoms in total. The lowest BCUT2D eigenvalue weighted by atomic mass is 10.2. The number of carbonyl (C=O) groups excluding carboxylic acids is 1. The van der Waals surface area contributed by atoms with Gasteiger partial charge >= 0.3 is 5.97 Å². The number of hydrogen-bond acceptors (Lipinski definition) is 5. The van der Waals surface area contributed by atoms with Gasteiger partial charge in [0.25, 0.3) is 0 Å². The molecule has 1 aromatic heterocycles. The summed E-state index contributed by atoms with van der Waals surface area (Å²) in [5.74, 6) is -0.515. The summed E-state index contributed by atoms with van der Waals surface area (Å²) in [4.78, 5) is 12.9. The van der Waals surface area contributed by atoms with Crippen LogP contribution in [0.15, 0.2) is 71.9 Å². The minimum atomic E-state index is -3.74. The Morgan fingerprint density at radius 1 is 1.13 bits per heavy atom. The van der Waals surface area contributed by atoms with Gasteiger partial charge in [-0.05, 0) is 55.7 Å². The van der Waals surface area contributed by atoms with Crippen LogP contribution in [0.1, 0.15) is 24.0 Å². The smallest absolute Gasteiger partial charge is 0.324 e. The van der Waals surface area contributed by atoms with Gasteiger partial charge < -0.3 is 4.74 Å². The number of hydrogen-bond donors (Lipinski definition) is 0. The predicted molar refractivity (Wildman–Crippen MR) is 111 cm³/mol. The first-order valence-electron chi connectivity index (χ1n) is 9.79. The summed E-state index contributed by atoms with van der Waals surface area (Å²) in [6.07, 6.45) is 4.64. The SMILES string of the molecule is Cc1ccc(S(=O)(=O)N2CCC[C@H]2C(=O)OCc2ccc(-n3cccn3)cc2)cc1. The van der Waals surface area contributed by atoms with E-state index in [9.17, 15) is 13.2 Å². The van der Waals surface area contributed by atoms with Crippen molar-refractivity contribution in [1.82, 2.24) is 14.1 Å². The highest BCUT2D eigenvalue weighted by atomic mass is 32.2. The van der Waals surface area contributed by atoms with Crippen LogP contribution in [0, 0.1) is 6.92 Å². The van der Waals surface area contributed by atoms with Crippen molar-refractivity contribution in [3.05, 3.63) is 78.1 Å². The van der Waals surface area contributed by atoms with E-state index in [1.54, 1.807) is 35.1 Å². The lowest BCUT2D eigenvalue weighted by Gasteiger charge is -2.23. The average Bonchev–Trinajstić information content (AvgIpc) is 3.45. The number of rotatable bonds is 6. The van der Waals surface area contributed by atoms with E-state index in [1.807, 2.05) is 43.5 Å². The summed E-state index contributed by atoms with van der Waals surface area (Å²) in [6, 6.07) is 15.2. The molecule has 0 spiro atoms. The maximum absolute atomic E-state index is 13.0. The number of esters is 1. The van der Waals surface area contributed by atoms with Crippen LogP contribution < -0.4 is 0 Å². The summed E-state index contributed by atoms with van der Waals surface area (Å²) in [6.45, 7) is 2.30. The largest absolute Gasteiger partial charge is 0.460 e. The highest BCUT2D eigenvalue weighted by Gasteiger charge is 2.40. The quantitative estimate of drug-likeness (QED) is 0.567. The van der Waals surface area contributed by atoms with Crippen LogP contribution in [-0.2, 0) is 26.2 Å². The van der Waals surface area contributed by atoms with Crippen molar-refractivity contribution in [1.29, 1.82) is 0 Å². The molecule has 0 aliphatic carbocycles. The van der Waals surface area contributed by atoms with Crippen LogP contribution in [0.3, 0.4) is 0 Å². The molecule has 4 rings (SSSR count). The number of aromatic nitrogens is 2. The van der Waals surface area contributed by atoms with Gasteiger partial charge in [0, 0.05) is 18.9 Å². The summed E-state index contributed by atoms with van der Waals surface area (Å²) >= 11 is 0. The number of aryl methyl sites for hydroxylation is 1. The Morgan fingerprint density at radius 3 is 2.53 bits per heavy atom. The number of nitrogens with zero attached hydrogens (tertiary/aromatic N) is 3. The molecule has 2 aromatic carbocycles. The van der Waals surface area contributed by atoms with E-state index in [2.05, 4.69) is 5.10 Å². The van der Waals surface area contributed by atoms with Crippen molar-refractivity contribution < 1.29 is 17.9 Å². The topological polar surface area (TPSA) is 81.5 Å². The Morgan fingerprint density at radius 2 is 1.87 bits per heavy atom. The minimum Gasteiger partial charge on any atom is -0.460 e. The Kier molecular flexibility index (Phi) is 5.69. The Hall–Kier alpha value is -2.97. The van der Waals surface area contributed by atoms with Crippen LogP contribution in [0.5, 0.6) is 0 Å². The van der Waals surface area contributed by atoms with Gasteiger partial charge in [0.05, 0.1) is 10.6 Å². The van der Waals surface area contributed by atoms with Crippen LogP contribution in [-0.4, -0.2) is 41.1 Å². The van der Waals surface area contributed by atoms with Crippen molar-refractivity contribution in [3.63, 3.8) is 0 Å². The predicted octanol–water partition coefficient (Wildman–Crippen LogP) is 3.08. The molecule has 30 heavy (non-hydrogen) atoms. The first-order valence-corrected chi connectivity index (χ1v) is 11.2. The molecule has 1 aliphatic heterocycles. The monoisotopic (exact) mass is 425 g/mol. The lowest BCUT2D eigenvalue weighted by molar-refractivity contribution is -0.148. The normalized spacial score (nSPS) is 17.2. The van der Waals surface area contributed by atoms with Crippen molar-refractivity contribution in [2.45, 2.75) is 37.3 Å². The third kappa shape index (κ3) is 4.15. The van der Waals surface area contributed by atoms with Gasteiger partial charge in [-0.3, -0.25) is 4.79 Å². The number of sulfonamides is 1. The van der Waals surface area contributed by atoms with Crippen LogP contribution in [0.2, 0.25) is 0 Å². The maximum atomic E-state index is 13.0. The molecular weight excluding hydrogens is 402 g/mol. The van der Waals surface area contributed by atoms with Crippen molar-refractivity contribution in [3.8, 4) is 5.69 Å². The molecule has 1 aliphatic rings. The highest BCUT2D eigenvalue weighted by molar-refractivity contribution is 7.89. The van der Waals surface area contributed by atoms with E-state index >= 15 is 0 Å². The molecule has 0 unspecified atom stereocenters. The Balaban J connectivity index is 1.42. The zero-order chi connectivity index (χ0) is 21.1. The molecule has 156 valence electrons. The summed E-state index contributed by atoms with van der Waals surface area (Å²) in [7, 11) is -3.74. The molecule has 0 saturated carbocycles. The lowest BCUT2D eigenvalue weighted by Crippen LogP contribution is -2.41. The Bertz CT molecular complexity index is 1110. The van der Waals surface area contributed by atoms with Gasteiger partial charge in [-0.25, -0.2) is 13.1 Å². The van der Waals surface area contributed by atoms with Crippen LogP contribution in [0.25, 0.3) is 5.69 Å². The number of carbonyl (C=O) groups is 1. The molecule has 2 heterocycles. The second-order valence-electron chi connectivity index (χ2n) is 7.31. The third-order valence-electron chi connectivity index (χ3n) is 5.19. The minimum absolute atomic E-state index is 0.0904. The third-order valence-corrected chi connectivity index (χ3v) is 7.11. The first-order chi connectivity index (χ1) is 14.4. The first kappa shape index (κ1) is 20.3. The molecule has 1 atom stereocenters. The highest BCUT2D eigenvalue weighted by Crippen LogP contribution is 2.27. The standard InChI is InChI=1S/C22H23N3O4S/c1-17-5-11-20(12-6-17)30(27,28)25-15-2-4-21(25)22(26)29-16-18-7-9-19(10-8-18)24-14-3-13-23-24/h3,5-14,21H,2,4,15-16H2,1H3/t21-/m0/s1. The second kappa shape index (κ2) is 8.41. The Labute approximate surface area is 175 Å². The molecule has 3 aromatic rings. The van der Waals surface area contributed by atoms with Crippen molar-refractivity contribution in [2.24, 2.45) is 0 Å². The van der Waals surface area contributed by atoms with E-state index < -0.39 is 22.0 Å². The van der Waals surface area contributed by atoms with Gasteiger partial charge in [0.2, 0.25) is 10.0 Å². The zero-order valence-electron chi connectivity index (χ0n) is 16.6. The van der Waals surface area contributed by atoms with Gasteiger partial charge in [-0.15, -0.1) is 0 Å². The fourth-order valence-corrected chi connectivity index (χ4v) is 5.17. The van der Waals surface area contributed by atoms with E-state index in [1.165, 1.54) is 4.31 Å². The molecule has 1 fully saturated rings. The number of ether oxygens (including phenoxy) is 1. The van der Waals surface area contributed by atoms with Crippen molar-refractivity contribution >= 4 is 16.0 Å². The maximum Gasteiger partial charge on any atom is 0.324 e. The van der Waals surface area contributed by atoms with E-state index in [0.29, 0.717) is 19.4 Å². The summed E-state index contributed by atoms with van der Waals surface area (Å²) in [5.41, 5.74) is 2.70. The fourth-order valence-electron chi connectivity index (χ4n) is 3.53. The molecule has 0 bridgehead atoms. The fraction of sp³-hybridized carbons (Fsp3) is 0.273. The van der Waals surface area contributed by atoms with E-state index in [4.69, 9.17) is 4.74 Å². The van der Waals surface area contributed by atoms with Crippen molar-refractivity contribution in [2.75, 3.05) is 6.54 Å². The number of benzene rings is 2. The van der Waals surface area contributed by atoms with E-state index in [0.717, 1.165) is 16.8 Å². The molecule has 0 radical (unpaired) electrons. The molecule has 0 amide bonds. The van der Waals surface area contributed by atoms with Crippen LogP contribution in [0.4, 0.5) is 0 Å². The molecule has 0 N–H and O–H groups in total. The van der Waals surface area contributed by atoms with Gasteiger partial charge in [-0.1, -0.05) is 29.8 Å². The van der Waals surface area contributed by atoms with E-state index in [-0.39, 0.29) is 11.5 Å². The molecule has 1 saturated heterocycles. The van der Waals surface area contributed by atoms with Gasteiger partial charge in [-0.2, -0.15) is 9.40 Å². The zero-order valence-corrected chi connectivity index (χ0v) is 17.5. The van der Waals surface area contributed by atoms with Crippen LogP contribution >= 0.6 is 0 Å². The van der Waals surface area contributed by atoms with Gasteiger partial charge in [0.1, 0.15) is 12.6 Å². The average molecular weight is 426 g/mol.